The third-order valence-corrected chi connectivity index (χ3v) is 2.85. The fourth-order valence-electron chi connectivity index (χ4n) is 0.661. The van der Waals surface area contributed by atoms with Gasteiger partial charge >= 0.3 is 0 Å². The molecule has 4 nitrogen and oxygen atoms in total. The van der Waals surface area contributed by atoms with Gasteiger partial charge in [0, 0.05) is 24.0 Å². The first-order valence-electron chi connectivity index (χ1n) is 4.03. The molecule has 0 spiro atoms. The lowest BCUT2D eigenvalue weighted by molar-refractivity contribution is 0.464. The quantitative estimate of drug-likeness (QED) is 0.743. The summed E-state index contributed by atoms with van der Waals surface area (Å²) in [5.74, 6) is 0. The van der Waals surface area contributed by atoms with E-state index in [4.69, 9.17) is 0 Å². The van der Waals surface area contributed by atoms with E-state index in [1.54, 1.807) is 11.1 Å². The van der Waals surface area contributed by atoms with E-state index in [2.05, 4.69) is 31.1 Å². The molecule has 14 heavy (non-hydrogen) atoms. The summed E-state index contributed by atoms with van der Waals surface area (Å²) in [5, 5.41) is 0. The molecule has 2 N–H and O–H groups in total. The molecule has 0 aliphatic carbocycles. The predicted molar refractivity (Wildman–Crippen MR) is 61.3 cm³/mol. The fourth-order valence-corrected chi connectivity index (χ4v) is 1.50. The fraction of sp³-hybridized carbons (Fsp3) is 0.625. The Kier molecular flexibility index (Phi) is 5.63. The average Bonchev–Trinajstić information content (AvgIpc) is 2.12. The molecule has 0 aliphatic rings. The molecular formula is C8H15BrN2O2S. The molecule has 0 amide bonds. The minimum atomic E-state index is -3.35. The zero-order valence-corrected chi connectivity index (χ0v) is 10.9. The van der Waals surface area contributed by atoms with Crippen molar-refractivity contribution in [2.24, 2.45) is 5.41 Å². The minimum absolute atomic E-state index is 0.270. The first-order chi connectivity index (χ1) is 6.33. The van der Waals surface area contributed by atoms with Crippen molar-refractivity contribution in [1.29, 1.82) is 0 Å². The van der Waals surface area contributed by atoms with Gasteiger partial charge in [-0.3, -0.25) is 0 Å². The Morgan fingerprint density at radius 2 is 2.07 bits per heavy atom. The lowest BCUT2D eigenvalue weighted by Gasteiger charge is -2.19. The van der Waals surface area contributed by atoms with Gasteiger partial charge in [-0.15, -0.1) is 5.73 Å². The molecule has 82 valence electrons. The van der Waals surface area contributed by atoms with E-state index in [1.165, 1.54) is 7.05 Å². The molecule has 0 saturated heterocycles. The largest absolute Gasteiger partial charge is 0.276 e. The van der Waals surface area contributed by atoms with Gasteiger partial charge in [0.2, 0.25) is 0 Å². The van der Waals surface area contributed by atoms with Crippen LogP contribution >= 0.6 is 15.9 Å². The smallest absolute Gasteiger partial charge is 0.205 e. The third-order valence-electron chi connectivity index (χ3n) is 1.52. The molecule has 0 unspecified atom stereocenters. The standard InChI is InChI=1S/C8H15BrN2O2S/c1-8(2,5-4-6-9)7-11-14(12,13)10-3/h5-6,10-11H,7H2,1-3H3. The number of rotatable bonds is 5. The highest BCUT2D eigenvalue weighted by molar-refractivity contribution is 9.11. The molecule has 0 aliphatic heterocycles. The molecule has 0 fully saturated rings. The number of hydrogen-bond donors (Lipinski definition) is 2. The van der Waals surface area contributed by atoms with Crippen molar-refractivity contribution >= 4 is 26.1 Å². The molecule has 0 aromatic rings. The second kappa shape index (κ2) is 5.68. The molecule has 0 heterocycles. The lowest BCUT2D eigenvalue weighted by atomic mass is 9.94. The Morgan fingerprint density at radius 3 is 2.50 bits per heavy atom. The van der Waals surface area contributed by atoms with Crippen LogP contribution in [-0.4, -0.2) is 22.0 Å². The monoisotopic (exact) mass is 282 g/mol. The first-order valence-corrected chi connectivity index (χ1v) is 6.43. The van der Waals surface area contributed by atoms with E-state index >= 15 is 0 Å². The predicted octanol–water partition coefficient (Wildman–Crippen LogP) is 1.13. The summed E-state index contributed by atoms with van der Waals surface area (Å²) < 4.78 is 26.7. The van der Waals surface area contributed by atoms with E-state index in [0.717, 1.165) is 0 Å². The Bertz CT molecular complexity index is 329. The summed E-state index contributed by atoms with van der Waals surface area (Å²) in [5.41, 5.74) is 2.58. The summed E-state index contributed by atoms with van der Waals surface area (Å²) in [6.07, 6.45) is 1.79. The SMILES string of the molecule is CNS(=O)(=O)NCC(C)(C)C=C=CBr. The van der Waals surface area contributed by atoms with Gasteiger partial charge in [-0.2, -0.15) is 8.42 Å². The van der Waals surface area contributed by atoms with Gasteiger partial charge in [-0.1, -0.05) is 29.8 Å². The summed E-state index contributed by atoms with van der Waals surface area (Å²) in [6, 6.07) is 0. The molecule has 0 rings (SSSR count). The first kappa shape index (κ1) is 13.9. The van der Waals surface area contributed by atoms with Gasteiger partial charge < -0.3 is 0 Å². The van der Waals surface area contributed by atoms with Crippen LogP contribution in [0.2, 0.25) is 0 Å². The van der Waals surface area contributed by atoms with E-state index in [-0.39, 0.29) is 5.41 Å². The third kappa shape index (κ3) is 6.34. The second-order valence-corrected chi connectivity index (χ2v) is 5.60. The number of nitrogens with one attached hydrogen (secondary N) is 2. The van der Waals surface area contributed by atoms with Crippen molar-refractivity contribution < 1.29 is 8.42 Å². The zero-order chi connectivity index (χ0) is 11.2. The zero-order valence-electron chi connectivity index (χ0n) is 8.46. The second-order valence-electron chi connectivity index (χ2n) is 3.44. The summed E-state index contributed by atoms with van der Waals surface area (Å²) in [7, 11) is -1.98. The lowest BCUT2D eigenvalue weighted by Crippen LogP contribution is -2.39. The topological polar surface area (TPSA) is 58.2 Å². The van der Waals surface area contributed by atoms with Crippen molar-refractivity contribution in [3.05, 3.63) is 16.8 Å². The van der Waals surface area contributed by atoms with Crippen LogP contribution in [0.25, 0.3) is 0 Å². The minimum Gasteiger partial charge on any atom is -0.205 e. The van der Waals surface area contributed by atoms with Gasteiger partial charge in [0.15, 0.2) is 0 Å². The van der Waals surface area contributed by atoms with E-state index in [0.29, 0.717) is 6.54 Å². The van der Waals surface area contributed by atoms with Gasteiger partial charge in [0.05, 0.1) is 0 Å². The van der Waals surface area contributed by atoms with Crippen molar-refractivity contribution in [3.63, 3.8) is 0 Å². The molecule has 0 aromatic carbocycles. The number of halogens is 1. The van der Waals surface area contributed by atoms with Crippen LogP contribution in [-0.2, 0) is 10.2 Å². The van der Waals surface area contributed by atoms with E-state index < -0.39 is 10.2 Å². The Hall–Kier alpha value is -0.130. The highest BCUT2D eigenvalue weighted by Crippen LogP contribution is 2.14. The Balaban J connectivity index is 4.33. The normalized spacial score (nSPS) is 12.0. The van der Waals surface area contributed by atoms with Crippen molar-refractivity contribution in [2.45, 2.75) is 13.8 Å². The van der Waals surface area contributed by atoms with Gasteiger partial charge in [-0.25, -0.2) is 9.44 Å². The maximum atomic E-state index is 11.0. The summed E-state index contributed by atoms with van der Waals surface area (Å²) in [4.78, 5) is 1.60. The van der Waals surface area contributed by atoms with Crippen molar-refractivity contribution in [1.82, 2.24) is 9.44 Å². The van der Waals surface area contributed by atoms with Crippen LogP contribution in [0.1, 0.15) is 13.8 Å². The maximum absolute atomic E-state index is 11.0. The Labute approximate surface area is 93.8 Å². The van der Waals surface area contributed by atoms with Gasteiger partial charge in [0.25, 0.3) is 10.2 Å². The van der Waals surface area contributed by atoms with Crippen LogP contribution in [0.3, 0.4) is 0 Å². The van der Waals surface area contributed by atoms with E-state index in [9.17, 15) is 8.42 Å². The van der Waals surface area contributed by atoms with Crippen LogP contribution in [0, 0.1) is 5.41 Å². The molecule has 0 aromatic heterocycles. The summed E-state index contributed by atoms with van der Waals surface area (Å²) >= 11 is 3.09. The highest BCUT2D eigenvalue weighted by Gasteiger charge is 2.16. The molecule has 0 bridgehead atoms. The number of hydrogen-bond acceptors (Lipinski definition) is 2. The molecule has 6 heteroatoms. The highest BCUT2D eigenvalue weighted by atomic mass is 79.9. The molecule has 0 saturated carbocycles. The maximum Gasteiger partial charge on any atom is 0.276 e. The van der Waals surface area contributed by atoms with Crippen LogP contribution in [0.5, 0.6) is 0 Å². The Morgan fingerprint density at radius 1 is 1.50 bits per heavy atom. The van der Waals surface area contributed by atoms with Gasteiger partial charge in [0.1, 0.15) is 0 Å². The van der Waals surface area contributed by atoms with Crippen molar-refractivity contribution in [3.8, 4) is 0 Å². The van der Waals surface area contributed by atoms with Crippen LogP contribution in [0.4, 0.5) is 0 Å². The average molecular weight is 283 g/mol. The molecular weight excluding hydrogens is 268 g/mol. The molecule has 0 atom stereocenters. The van der Waals surface area contributed by atoms with Crippen LogP contribution < -0.4 is 9.44 Å². The van der Waals surface area contributed by atoms with Gasteiger partial charge in [-0.05, 0) is 6.08 Å². The summed E-state index contributed by atoms with van der Waals surface area (Å²) in [6.45, 7) is 4.15. The van der Waals surface area contributed by atoms with Crippen molar-refractivity contribution in [2.75, 3.05) is 13.6 Å². The van der Waals surface area contributed by atoms with E-state index in [1.807, 2.05) is 13.8 Å². The van der Waals surface area contributed by atoms with Crippen LogP contribution in [0.15, 0.2) is 16.8 Å². The molecule has 0 radical (unpaired) electrons.